The van der Waals surface area contributed by atoms with E-state index in [9.17, 15) is 8.42 Å². The highest BCUT2D eigenvalue weighted by Crippen LogP contribution is 2.20. The van der Waals surface area contributed by atoms with Gasteiger partial charge in [0, 0.05) is 10.4 Å². The van der Waals surface area contributed by atoms with Crippen molar-refractivity contribution in [3.63, 3.8) is 0 Å². The highest BCUT2D eigenvalue weighted by molar-refractivity contribution is 7.89. The summed E-state index contributed by atoms with van der Waals surface area (Å²) in [6, 6.07) is 7.38. The van der Waals surface area contributed by atoms with E-state index in [0.717, 1.165) is 5.56 Å². The van der Waals surface area contributed by atoms with E-state index in [-0.39, 0.29) is 5.75 Å². The predicted octanol–water partition coefficient (Wildman–Crippen LogP) is 2.17. The second-order valence-electron chi connectivity index (χ2n) is 5.06. The Morgan fingerprint density at radius 3 is 2.50 bits per heavy atom. The monoisotopic (exact) mass is 291 g/mol. The Balaban J connectivity index is 2.49. The predicted molar refractivity (Wildman–Crippen MR) is 72.9 cm³/mol. The van der Waals surface area contributed by atoms with Gasteiger partial charge in [0.15, 0.2) is 0 Å². The van der Waals surface area contributed by atoms with Crippen LogP contribution in [0.5, 0.6) is 0 Å². The van der Waals surface area contributed by atoms with E-state index in [2.05, 4.69) is 0 Å². The maximum Gasteiger partial charge on any atom is 0.209 e. The lowest BCUT2D eigenvalue weighted by Crippen LogP contribution is -2.32. The average molecular weight is 292 g/mol. The summed E-state index contributed by atoms with van der Waals surface area (Å²) < 4.78 is 27.6. The van der Waals surface area contributed by atoms with Gasteiger partial charge in [0.05, 0.1) is 19.0 Å². The number of hydrogen-bond donors (Lipinski definition) is 1. The van der Waals surface area contributed by atoms with Gasteiger partial charge < -0.3 is 4.74 Å². The molecule has 0 unspecified atom stereocenters. The molecule has 1 aromatic rings. The van der Waals surface area contributed by atoms with Gasteiger partial charge in [-0.1, -0.05) is 43.6 Å². The van der Waals surface area contributed by atoms with Crippen LogP contribution >= 0.6 is 11.6 Å². The van der Waals surface area contributed by atoms with Crippen LogP contribution in [0.25, 0.3) is 0 Å². The molecule has 0 amide bonds. The molecule has 0 saturated heterocycles. The molecule has 0 aliphatic carbocycles. The molecule has 1 aromatic carbocycles. The first-order valence-corrected chi connectivity index (χ1v) is 7.61. The fourth-order valence-electron chi connectivity index (χ4n) is 1.64. The quantitative estimate of drug-likeness (QED) is 0.873. The molecule has 0 aliphatic rings. The summed E-state index contributed by atoms with van der Waals surface area (Å²) in [4.78, 5) is 0. The van der Waals surface area contributed by atoms with Crippen LogP contribution in [0.3, 0.4) is 0 Å². The van der Waals surface area contributed by atoms with Crippen LogP contribution in [-0.2, 0) is 21.4 Å². The second kappa shape index (κ2) is 6.02. The third-order valence-corrected chi connectivity index (χ3v) is 3.85. The summed E-state index contributed by atoms with van der Waals surface area (Å²) in [6.07, 6.45) is 0. The van der Waals surface area contributed by atoms with Crippen LogP contribution in [0.4, 0.5) is 0 Å². The molecular formula is C12H18ClNO3S. The molecule has 1 rings (SSSR count). The molecule has 102 valence electrons. The van der Waals surface area contributed by atoms with Crippen LogP contribution < -0.4 is 5.14 Å². The summed E-state index contributed by atoms with van der Waals surface area (Å²) in [5, 5.41) is 5.66. The summed E-state index contributed by atoms with van der Waals surface area (Å²) >= 11 is 5.98. The van der Waals surface area contributed by atoms with Gasteiger partial charge in [0.1, 0.15) is 0 Å². The van der Waals surface area contributed by atoms with Gasteiger partial charge in [0.2, 0.25) is 10.0 Å². The lowest BCUT2D eigenvalue weighted by atomic mass is 9.98. The molecule has 6 heteroatoms. The largest absolute Gasteiger partial charge is 0.376 e. The van der Waals surface area contributed by atoms with Gasteiger partial charge in [-0.3, -0.25) is 0 Å². The minimum atomic E-state index is -3.49. The molecule has 0 saturated carbocycles. The summed E-state index contributed by atoms with van der Waals surface area (Å²) in [5.41, 5.74) is 0.361. The first kappa shape index (κ1) is 15.4. The van der Waals surface area contributed by atoms with Crippen molar-refractivity contribution in [2.24, 2.45) is 10.6 Å². The normalized spacial score (nSPS) is 12.7. The molecule has 0 atom stereocenters. The van der Waals surface area contributed by atoms with Crippen LogP contribution in [0.2, 0.25) is 5.02 Å². The van der Waals surface area contributed by atoms with Crippen LogP contribution in [-0.4, -0.2) is 20.8 Å². The lowest BCUT2D eigenvalue weighted by Gasteiger charge is -2.23. The van der Waals surface area contributed by atoms with Crippen molar-refractivity contribution in [1.82, 2.24) is 0 Å². The zero-order valence-electron chi connectivity index (χ0n) is 10.5. The molecule has 0 radical (unpaired) electrons. The SMILES string of the molecule is CC(C)(COCc1ccccc1Cl)CS(N)(=O)=O. The molecule has 0 bridgehead atoms. The molecule has 2 N–H and O–H groups in total. The van der Waals surface area contributed by atoms with Crippen LogP contribution in [0, 0.1) is 5.41 Å². The molecule has 0 heterocycles. The van der Waals surface area contributed by atoms with Gasteiger partial charge in [-0.15, -0.1) is 0 Å². The number of benzene rings is 1. The number of primary sulfonamides is 1. The topological polar surface area (TPSA) is 69.4 Å². The number of sulfonamides is 1. The molecule has 18 heavy (non-hydrogen) atoms. The van der Waals surface area contributed by atoms with Crippen molar-refractivity contribution >= 4 is 21.6 Å². The number of ether oxygens (including phenoxy) is 1. The number of halogens is 1. The Morgan fingerprint density at radius 1 is 1.33 bits per heavy atom. The first-order valence-electron chi connectivity index (χ1n) is 5.51. The minimum absolute atomic E-state index is 0.109. The van der Waals surface area contributed by atoms with Gasteiger partial charge in [-0.2, -0.15) is 0 Å². The van der Waals surface area contributed by atoms with Gasteiger partial charge >= 0.3 is 0 Å². The number of nitrogens with two attached hydrogens (primary N) is 1. The molecule has 0 aliphatic heterocycles. The maximum atomic E-state index is 11.0. The smallest absolute Gasteiger partial charge is 0.209 e. The fourth-order valence-corrected chi connectivity index (χ4v) is 3.00. The molecule has 0 fully saturated rings. The van der Waals surface area contributed by atoms with Crippen molar-refractivity contribution in [3.8, 4) is 0 Å². The third kappa shape index (κ3) is 5.82. The van der Waals surface area contributed by atoms with Crippen molar-refractivity contribution < 1.29 is 13.2 Å². The van der Waals surface area contributed by atoms with Crippen molar-refractivity contribution in [1.29, 1.82) is 0 Å². The lowest BCUT2D eigenvalue weighted by molar-refractivity contribution is 0.0612. The van der Waals surface area contributed by atoms with Crippen molar-refractivity contribution in [3.05, 3.63) is 34.9 Å². The highest BCUT2D eigenvalue weighted by atomic mass is 35.5. The number of hydrogen-bond acceptors (Lipinski definition) is 3. The van der Waals surface area contributed by atoms with Crippen LogP contribution in [0.15, 0.2) is 24.3 Å². The standard InChI is InChI=1S/C12H18ClNO3S/c1-12(2,9-18(14,15)16)8-17-7-10-5-3-4-6-11(10)13/h3-6H,7-9H2,1-2H3,(H2,14,15,16). The Hall–Kier alpha value is -0.620. The highest BCUT2D eigenvalue weighted by Gasteiger charge is 2.24. The fraction of sp³-hybridized carbons (Fsp3) is 0.500. The van der Waals surface area contributed by atoms with Gasteiger partial charge in [0.25, 0.3) is 0 Å². The zero-order chi connectivity index (χ0) is 13.8. The molecule has 4 nitrogen and oxygen atoms in total. The first-order chi connectivity index (χ1) is 8.20. The molecule has 0 spiro atoms. The second-order valence-corrected chi connectivity index (χ2v) is 7.08. The van der Waals surface area contributed by atoms with E-state index in [1.807, 2.05) is 18.2 Å². The van der Waals surface area contributed by atoms with E-state index in [0.29, 0.717) is 18.2 Å². The summed E-state index contributed by atoms with van der Waals surface area (Å²) in [6.45, 7) is 4.25. The Morgan fingerprint density at radius 2 is 1.94 bits per heavy atom. The van der Waals surface area contributed by atoms with E-state index >= 15 is 0 Å². The van der Waals surface area contributed by atoms with Gasteiger partial charge in [-0.25, -0.2) is 13.6 Å². The molecular weight excluding hydrogens is 274 g/mol. The van der Waals surface area contributed by atoms with E-state index in [4.69, 9.17) is 21.5 Å². The molecule has 0 aromatic heterocycles. The van der Waals surface area contributed by atoms with Crippen molar-refractivity contribution in [2.45, 2.75) is 20.5 Å². The van der Waals surface area contributed by atoms with Gasteiger partial charge in [-0.05, 0) is 11.6 Å². The number of rotatable bonds is 6. The minimum Gasteiger partial charge on any atom is -0.376 e. The Labute approximate surface area is 113 Å². The van der Waals surface area contributed by atoms with E-state index in [1.165, 1.54) is 0 Å². The maximum absolute atomic E-state index is 11.0. The summed E-state index contributed by atoms with van der Waals surface area (Å²) in [5.74, 6) is -0.109. The Bertz CT molecular complexity index is 500. The van der Waals surface area contributed by atoms with E-state index < -0.39 is 15.4 Å². The third-order valence-electron chi connectivity index (χ3n) is 2.30. The van der Waals surface area contributed by atoms with Crippen LogP contribution in [0.1, 0.15) is 19.4 Å². The van der Waals surface area contributed by atoms with Crippen molar-refractivity contribution in [2.75, 3.05) is 12.4 Å². The Kier molecular flexibility index (Phi) is 5.16. The average Bonchev–Trinajstić information content (AvgIpc) is 2.17. The summed E-state index contributed by atoms with van der Waals surface area (Å²) in [7, 11) is -3.49. The zero-order valence-corrected chi connectivity index (χ0v) is 12.1. The van der Waals surface area contributed by atoms with E-state index in [1.54, 1.807) is 19.9 Å².